The SMILES string of the molecule is CCOC(CNc1ncnc2c1nnn2CC)OCC. The summed E-state index contributed by atoms with van der Waals surface area (Å²) in [6.45, 7) is 8.25. The number of nitrogens with one attached hydrogen (secondary N) is 1. The molecule has 2 rings (SSSR count). The molecule has 110 valence electrons. The van der Waals surface area contributed by atoms with E-state index in [1.54, 1.807) is 4.68 Å². The molecule has 1 N–H and O–H groups in total. The van der Waals surface area contributed by atoms with E-state index in [0.717, 1.165) is 5.65 Å². The molecule has 0 bridgehead atoms. The molecule has 0 atom stereocenters. The Balaban J connectivity index is 2.11. The summed E-state index contributed by atoms with van der Waals surface area (Å²) in [6, 6.07) is 0. The molecule has 20 heavy (non-hydrogen) atoms. The first-order chi connectivity index (χ1) is 9.80. The maximum Gasteiger partial charge on any atom is 0.183 e. The van der Waals surface area contributed by atoms with Crippen LogP contribution in [-0.4, -0.2) is 51.0 Å². The molecule has 2 aromatic heterocycles. The van der Waals surface area contributed by atoms with Gasteiger partial charge in [0.05, 0.1) is 6.54 Å². The summed E-state index contributed by atoms with van der Waals surface area (Å²) in [6.07, 6.45) is 1.19. The van der Waals surface area contributed by atoms with E-state index in [0.29, 0.717) is 37.6 Å². The minimum Gasteiger partial charge on any atom is -0.363 e. The molecular weight excluding hydrogens is 260 g/mol. The molecule has 0 aliphatic carbocycles. The summed E-state index contributed by atoms with van der Waals surface area (Å²) in [5.41, 5.74) is 1.37. The van der Waals surface area contributed by atoms with Crippen molar-refractivity contribution < 1.29 is 9.47 Å². The van der Waals surface area contributed by atoms with Crippen LogP contribution in [0.2, 0.25) is 0 Å². The molecule has 0 saturated heterocycles. The third-order valence-corrected chi connectivity index (χ3v) is 2.74. The van der Waals surface area contributed by atoms with Gasteiger partial charge in [-0.1, -0.05) is 5.21 Å². The third-order valence-electron chi connectivity index (χ3n) is 2.74. The van der Waals surface area contributed by atoms with Gasteiger partial charge in [-0.15, -0.1) is 5.10 Å². The highest BCUT2D eigenvalue weighted by atomic mass is 16.7. The van der Waals surface area contributed by atoms with Crippen LogP contribution in [0.3, 0.4) is 0 Å². The first-order valence-electron chi connectivity index (χ1n) is 6.81. The molecule has 0 aliphatic rings. The zero-order valence-electron chi connectivity index (χ0n) is 12.0. The second kappa shape index (κ2) is 7.11. The average Bonchev–Trinajstić information content (AvgIpc) is 2.89. The van der Waals surface area contributed by atoms with E-state index in [1.807, 2.05) is 20.8 Å². The average molecular weight is 280 g/mol. The number of aromatic nitrogens is 5. The molecule has 0 amide bonds. The van der Waals surface area contributed by atoms with Crippen molar-refractivity contribution in [3.63, 3.8) is 0 Å². The summed E-state index contributed by atoms with van der Waals surface area (Å²) in [4.78, 5) is 8.39. The van der Waals surface area contributed by atoms with Crippen LogP contribution in [0.25, 0.3) is 11.2 Å². The second-order valence-corrected chi connectivity index (χ2v) is 4.02. The van der Waals surface area contributed by atoms with Crippen LogP contribution in [0.4, 0.5) is 5.82 Å². The minimum atomic E-state index is -0.309. The highest BCUT2D eigenvalue weighted by Gasteiger charge is 2.13. The number of aryl methyl sites for hydroxylation is 1. The van der Waals surface area contributed by atoms with Crippen LogP contribution in [0.5, 0.6) is 0 Å². The summed E-state index contributed by atoms with van der Waals surface area (Å²) in [5.74, 6) is 0.638. The van der Waals surface area contributed by atoms with Crippen molar-refractivity contribution in [2.75, 3.05) is 25.1 Å². The summed E-state index contributed by atoms with van der Waals surface area (Å²) in [7, 11) is 0. The lowest BCUT2D eigenvalue weighted by Crippen LogP contribution is -2.26. The molecule has 0 aliphatic heterocycles. The van der Waals surface area contributed by atoms with E-state index in [1.165, 1.54) is 6.33 Å². The molecular formula is C12H20N6O2. The first-order valence-corrected chi connectivity index (χ1v) is 6.81. The van der Waals surface area contributed by atoms with Crippen molar-refractivity contribution in [2.24, 2.45) is 0 Å². The largest absolute Gasteiger partial charge is 0.363 e. The Morgan fingerprint density at radius 2 is 1.95 bits per heavy atom. The smallest absolute Gasteiger partial charge is 0.183 e. The molecule has 0 fully saturated rings. The van der Waals surface area contributed by atoms with E-state index in [9.17, 15) is 0 Å². The van der Waals surface area contributed by atoms with E-state index < -0.39 is 0 Å². The maximum atomic E-state index is 5.47. The molecule has 0 saturated carbocycles. The van der Waals surface area contributed by atoms with E-state index >= 15 is 0 Å². The predicted molar refractivity (Wildman–Crippen MR) is 74.3 cm³/mol. The molecule has 8 nitrogen and oxygen atoms in total. The fourth-order valence-corrected chi connectivity index (χ4v) is 1.85. The van der Waals surface area contributed by atoms with Gasteiger partial charge in [0.2, 0.25) is 0 Å². The number of hydrogen-bond donors (Lipinski definition) is 1. The zero-order valence-corrected chi connectivity index (χ0v) is 12.0. The first kappa shape index (κ1) is 14.6. The number of hydrogen-bond acceptors (Lipinski definition) is 7. The normalized spacial score (nSPS) is 11.4. The lowest BCUT2D eigenvalue weighted by molar-refractivity contribution is -0.126. The van der Waals surface area contributed by atoms with Gasteiger partial charge in [0.1, 0.15) is 6.33 Å². The Labute approximate surface area is 117 Å². The van der Waals surface area contributed by atoms with Gasteiger partial charge in [-0.2, -0.15) is 0 Å². The van der Waals surface area contributed by atoms with Gasteiger partial charge in [0.15, 0.2) is 23.3 Å². The Kier molecular flexibility index (Phi) is 5.19. The second-order valence-electron chi connectivity index (χ2n) is 4.02. The van der Waals surface area contributed by atoms with Gasteiger partial charge in [-0.05, 0) is 20.8 Å². The molecule has 8 heteroatoms. The van der Waals surface area contributed by atoms with Gasteiger partial charge < -0.3 is 14.8 Å². The van der Waals surface area contributed by atoms with Gasteiger partial charge in [0.25, 0.3) is 0 Å². The van der Waals surface area contributed by atoms with Crippen molar-refractivity contribution in [3.8, 4) is 0 Å². The third kappa shape index (κ3) is 3.20. The van der Waals surface area contributed by atoms with Gasteiger partial charge in [-0.25, -0.2) is 14.6 Å². The zero-order chi connectivity index (χ0) is 14.4. The van der Waals surface area contributed by atoms with Crippen LogP contribution in [0.15, 0.2) is 6.33 Å². The number of nitrogens with zero attached hydrogens (tertiary/aromatic N) is 5. The monoisotopic (exact) mass is 280 g/mol. The number of anilines is 1. The van der Waals surface area contributed by atoms with Gasteiger partial charge in [-0.3, -0.25) is 0 Å². The fraction of sp³-hybridized carbons (Fsp3) is 0.667. The van der Waals surface area contributed by atoms with E-state index in [2.05, 4.69) is 25.6 Å². The Morgan fingerprint density at radius 3 is 2.60 bits per heavy atom. The van der Waals surface area contributed by atoms with Gasteiger partial charge >= 0.3 is 0 Å². The summed E-state index contributed by atoms with van der Waals surface area (Å²) < 4.78 is 12.7. The Bertz CT molecular complexity index is 538. The van der Waals surface area contributed by atoms with Crippen molar-refractivity contribution in [2.45, 2.75) is 33.6 Å². The van der Waals surface area contributed by atoms with Crippen LogP contribution in [0.1, 0.15) is 20.8 Å². The number of fused-ring (bicyclic) bond motifs is 1. The molecule has 2 aromatic rings. The van der Waals surface area contributed by atoms with E-state index in [4.69, 9.17) is 9.47 Å². The van der Waals surface area contributed by atoms with Crippen molar-refractivity contribution in [1.29, 1.82) is 0 Å². The van der Waals surface area contributed by atoms with Crippen LogP contribution in [-0.2, 0) is 16.0 Å². The van der Waals surface area contributed by atoms with Crippen LogP contribution in [0, 0.1) is 0 Å². The molecule has 0 unspecified atom stereocenters. The number of rotatable bonds is 8. The predicted octanol–water partition coefficient (Wildman–Crippen LogP) is 1.05. The standard InChI is InChI=1S/C12H20N6O2/c1-4-18-12-10(16-17-18)11(14-8-15-12)13-7-9(19-5-2)20-6-3/h8-9H,4-7H2,1-3H3,(H,13,14,15). The summed E-state index contributed by atoms with van der Waals surface area (Å²) in [5, 5.41) is 11.3. The highest BCUT2D eigenvalue weighted by Crippen LogP contribution is 2.15. The van der Waals surface area contributed by atoms with E-state index in [-0.39, 0.29) is 6.29 Å². The quantitative estimate of drug-likeness (QED) is 0.723. The van der Waals surface area contributed by atoms with Crippen LogP contribution >= 0.6 is 0 Å². The van der Waals surface area contributed by atoms with Crippen LogP contribution < -0.4 is 5.32 Å². The molecule has 0 aromatic carbocycles. The lowest BCUT2D eigenvalue weighted by Gasteiger charge is -2.17. The number of ether oxygens (including phenoxy) is 2. The summed E-state index contributed by atoms with van der Waals surface area (Å²) >= 11 is 0. The Hall–Kier alpha value is -1.80. The minimum absolute atomic E-state index is 0.309. The lowest BCUT2D eigenvalue weighted by atomic mass is 10.4. The molecule has 2 heterocycles. The van der Waals surface area contributed by atoms with Crippen molar-refractivity contribution in [3.05, 3.63) is 6.33 Å². The topological polar surface area (TPSA) is 87.0 Å². The fourth-order valence-electron chi connectivity index (χ4n) is 1.85. The Morgan fingerprint density at radius 1 is 1.20 bits per heavy atom. The highest BCUT2D eigenvalue weighted by molar-refractivity contribution is 5.81. The maximum absolute atomic E-state index is 5.47. The molecule has 0 spiro atoms. The van der Waals surface area contributed by atoms with Crippen molar-refractivity contribution >= 4 is 17.0 Å². The van der Waals surface area contributed by atoms with Crippen molar-refractivity contribution in [1.82, 2.24) is 25.0 Å². The molecule has 0 radical (unpaired) electrons. The van der Waals surface area contributed by atoms with Gasteiger partial charge in [0, 0.05) is 19.8 Å².